The molecule has 8 nitrogen and oxygen atoms in total. The Morgan fingerprint density at radius 3 is 2.59 bits per heavy atom. The van der Waals surface area contributed by atoms with Crippen LogP contribution in [0.3, 0.4) is 0 Å². The van der Waals surface area contributed by atoms with Gasteiger partial charge in [0, 0.05) is 42.9 Å². The number of hydrogen-bond donors (Lipinski definition) is 1. The van der Waals surface area contributed by atoms with E-state index in [0.717, 1.165) is 10.9 Å². The molecule has 0 saturated heterocycles. The Bertz CT molecular complexity index is 1550. The van der Waals surface area contributed by atoms with Crippen molar-refractivity contribution >= 4 is 32.4 Å². The first-order valence-electron chi connectivity index (χ1n) is 9.77. The molecule has 158 valence electrons. The van der Waals surface area contributed by atoms with Crippen LogP contribution in [-0.2, 0) is 16.4 Å². The molecule has 0 aliphatic carbocycles. The second kappa shape index (κ2) is 7.86. The van der Waals surface area contributed by atoms with Crippen molar-refractivity contribution in [2.45, 2.75) is 16.3 Å². The molecule has 0 atom stereocenters. The van der Waals surface area contributed by atoms with E-state index in [1.165, 1.54) is 18.3 Å². The van der Waals surface area contributed by atoms with Gasteiger partial charge < -0.3 is 5.32 Å². The van der Waals surface area contributed by atoms with Crippen molar-refractivity contribution < 1.29 is 13.2 Å². The zero-order valence-electron chi connectivity index (χ0n) is 16.7. The Balaban J connectivity index is 1.34. The summed E-state index contributed by atoms with van der Waals surface area (Å²) in [5.74, 6) is 0.228. The number of amides is 1. The number of fused-ring (bicyclic) bond motifs is 2. The summed E-state index contributed by atoms with van der Waals surface area (Å²) in [7, 11) is -3.74. The molecule has 0 bridgehead atoms. The second-order valence-corrected chi connectivity index (χ2v) is 9.06. The van der Waals surface area contributed by atoms with Crippen molar-refractivity contribution in [3.8, 4) is 0 Å². The third-order valence-corrected chi connectivity index (χ3v) is 6.88. The number of hydrogen-bond acceptors (Lipinski definition) is 6. The number of para-hydroxylation sites is 1. The molecule has 5 aromatic rings. The smallest absolute Gasteiger partial charge is 0.254 e. The molecule has 32 heavy (non-hydrogen) atoms. The van der Waals surface area contributed by atoms with Gasteiger partial charge in [-0.05, 0) is 29.8 Å². The zero-order valence-corrected chi connectivity index (χ0v) is 17.5. The maximum Gasteiger partial charge on any atom is 0.254 e. The summed E-state index contributed by atoms with van der Waals surface area (Å²) in [6.07, 6.45) is 8.01. The Labute approximate surface area is 183 Å². The van der Waals surface area contributed by atoms with E-state index in [1.54, 1.807) is 59.5 Å². The first-order chi connectivity index (χ1) is 15.5. The van der Waals surface area contributed by atoms with Gasteiger partial charge in [0.2, 0.25) is 15.6 Å². The van der Waals surface area contributed by atoms with Crippen LogP contribution in [0.1, 0.15) is 15.9 Å². The molecule has 3 aromatic heterocycles. The molecule has 0 aliphatic rings. The maximum atomic E-state index is 13.2. The van der Waals surface area contributed by atoms with Gasteiger partial charge >= 0.3 is 0 Å². The van der Waals surface area contributed by atoms with Gasteiger partial charge in [-0.25, -0.2) is 18.4 Å². The third-order valence-electron chi connectivity index (χ3n) is 5.08. The molecular weight excluding hydrogens is 426 g/mol. The lowest BCUT2D eigenvalue weighted by molar-refractivity contribution is 0.0950. The van der Waals surface area contributed by atoms with Crippen LogP contribution in [0.2, 0.25) is 0 Å². The molecule has 3 heterocycles. The summed E-state index contributed by atoms with van der Waals surface area (Å²) < 4.78 is 28.0. The number of rotatable bonds is 5. The van der Waals surface area contributed by atoms with Crippen molar-refractivity contribution in [2.24, 2.45) is 0 Å². The van der Waals surface area contributed by atoms with Crippen LogP contribution >= 0.6 is 0 Å². The van der Waals surface area contributed by atoms with E-state index in [9.17, 15) is 13.2 Å². The van der Waals surface area contributed by atoms with E-state index in [1.807, 2.05) is 12.1 Å². The Morgan fingerprint density at radius 2 is 1.75 bits per heavy atom. The minimum absolute atomic E-state index is 0.166. The van der Waals surface area contributed by atoms with Crippen LogP contribution in [0.15, 0.2) is 95.4 Å². The lowest BCUT2D eigenvalue weighted by Gasteiger charge is -2.09. The van der Waals surface area contributed by atoms with E-state index < -0.39 is 9.84 Å². The predicted molar refractivity (Wildman–Crippen MR) is 118 cm³/mol. The normalized spacial score (nSPS) is 11.6. The molecule has 0 spiro atoms. The fourth-order valence-corrected chi connectivity index (χ4v) is 4.86. The van der Waals surface area contributed by atoms with Gasteiger partial charge in [-0.2, -0.15) is 0 Å². The molecule has 0 aliphatic heterocycles. The number of carbonyl (C=O) groups is 1. The van der Waals surface area contributed by atoms with Crippen LogP contribution in [-0.4, -0.2) is 33.7 Å². The molecule has 0 unspecified atom stereocenters. The topological polar surface area (TPSA) is 106 Å². The maximum absolute atomic E-state index is 13.2. The van der Waals surface area contributed by atoms with Crippen molar-refractivity contribution in [1.82, 2.24) is 24.7 Å². The number of nitrogens with one attached hydrogen (secondary N) is 1. The van der Waals surface area contributed by atoms with Gasteiger partial charge in [-0.1, -0.05) is 30.3 Å². The van der Waals surface area contributed by atoms with Crippen LogP contribution in [0.5, 0.6) is 0 Å². The van der Waals surface area contributed by atoms with E-state index >= 15 is 0 Å². The summed E-state index contributed by atoms with van der Waals surface area (Å²) in [4.78, 5) is 25.2. The van der Waals surface area contributed by atoms with E-state index in [-0.39, 0.29) is 22.2 Å². The monoisotopic (exact) mass is 443 g/mol. The molecule has 9 heteroatoms. The van der Waals surface area contributed by atoms with E-state index in [4.69, 9.17) is 0 Å². The van der Waals surface area contributed by atoms with Gasteiger partial charge in [0.15, 0.2) is 0 Å². The minimum atomic E-state index is -3.74. The van der Waals surface area contributed by atoms with Crippen LogP contribution in [0, 0.1) is 0 Å². The first-order valence-corrected chi connectivity index (χ1v) is 11.3. The Morgan fingerprint density at radius 1 is 0.938 bits per heavy atom. The fraction of sp³-hybridized carbons (Fsp3) is 0.0435. The molecule has 2 aromatic carbocycles. The summed E-state index contributed by atoms with van der Waals surface area (Å²) in [6, 6.07) is 15.1. The van der Waals surface area contributed by atoms with E-state index in [2.05, 4.69) is 20.3 Å². The van der Waals surface area contributed by atoms with Gasteiger partial charge in [0.05, 0.1) is 20.9 Å². The highest BCUT2D eigenvalue weighted by atomic mass is 32.2. The summed E-state index contributed by atoms with van der Waals surface area (Å²) in [5.41, 5.74) is 1.61. The van der Waals surface area contributed by atoms with Gasteiger partial charge in [-0.15, -0.1) is 0 Å². The number of aromatic nitrogens is 4. The van der Waals surface area contributed by atoms with Crippen molar-refractivity contribution in [3.63, 3.8) is 0 Å². The third kappa shape index (κ3) is 3.58. The molecular formula is C23H17N5O3S. The molecule has 0 fully saturated rings. The lowest BCUT2D eigenvalue weighted by atomic mass is 10.2. The van der Waals surface area contributed by atoms with Crippen molar-refractivity contribution in [3.05, 3.63) is 96.7 Å². The predicted octanol–water partition coefficient (Wildman–Crippen LogP) is 3.04. The average Bonchev–Trinajstić information content (AvgIpc) is 3.30. The number of nitrogens with zero attached hydrogens (tertiary/aromatic N) is 4. The van der Waals surface area contributed by atoms with Crippen molar-refractivity contribution in [2.75, 3.05) is 0 Å². The van der Waals surface area contributed by atoms with Gasteiger partial charge in [0.1, 0.15) is 0 Å². The molecule has 0 radical (unpaired) electrons. The first kappa shape index (κ1) is 19.8. The fourth-order valence-electron chi connectivity index (χ4n) is 3.42. The number of sulfone groups is 1. The highest BCUT2D eigenvalue weighted by molar-refractivity contribution is 7.91. The summed E-state index contributed by atoms with van der Waals surface area (Å²) >= 11 is 0. The number of benzene rings is 2. The average molecular weight is 443 g/mol. The minimum Gasteiger partial charge on any atom is -0.348 e. The highest BCUT2D eigenvalue weighted by Crippen LogP contribution is 2.27. The largest absolute Gasteiger partial charge is 0.348 e. The molecule has 5 rings (SSSR count). The van der Waals surface area contributed by atoms with Gasteiger partial charge in [0.25, 0.3) is 5.91 Å². The number of pyridine rings is 1. The van der Waals surface area contributed by atoms with Crippen LogP contribution < -0.4 is 5.32 Å². The van der Waals surface area contributed by atoms with Gasteiger partial charge in [-0.3, -0.25) is 14.2 Å². The zero-order chi connectivity index (χ0) is 22.1. The van der Waals surface area contributed by atoms with Crippen LogP contribution in [0.25, 0.3) is 16.7 Å². The lowest BCUT2D eigenvalue weighted by Crippen LogP contribution is -2.23. The number of imidazole rings is 1. The molecule has 1 amide bonds. The molecule has 1 N–H and O–H groups in total. The Hall–Kier alpha value is -4.11. The van der Waals surface area contributed by atoms with Crippen LogP contribution in [0.4, 0.5) is 0 Å². The quantitative estimate of drug-likeness (QED) is 0.448. The Kier molecular flexibility index (Phi) is 4.87. The summed E-state index contributed by atoms with van der Waals surface area (Å²) in [6.45, 7) is 0.247. The van der Waals surface area contributed by atoms with Crippen molar-refractivity contribution in [1.29, 1.82) is 0 Å². The van der Waals surface area contributed by atoms with E-state index in [0.29, 0.717) is 16.9 Å². The second-order valence-electron chi connectivity index (χ2n) is 7.14. The SMILES string of the molecule is O=C(NCc1ccc(S(=O)(=O)c2cccc3cccnc23)cc1)c1cnc2nccn2c1. The number of carbonyl (C=O) groups excluding carboxylic acids is 1. The summed E-state index contributed by atoms with van der Waals surface area (Å²) in [5, 5.41) is 3.57. The molecule has 0 saturated carbocycles. The highest BCUT2D eigenvalue weighted by Gasteiger charge is 2.21. The standard InChI is InChI=1S/C23H17N5O3S/c29-22(18-14-27-23-25-11-12-28(23)15-18)26-13-16-6-8-19(9-7-16)32(30,31)20-5-1-3-17-4-2-10-24-21(17)20/h1-12,14-15H,13H2,(H,26,29).